The van der Waals surface area contributed by atoms with Gasteiger partial charge in [-0.3, -0.25) is 0 Å². The van der Waals surface area contributed by atoms with Gasteiger partial charge in [0.1, 0.15) is 11.4 Å². The van der Waals surface area contributed by atoms with Crippen molar-refractivity contribution in [1.29, 1.82) is 0 Å². The monoisotopic (exact) mass is 449 g/mol. The van der Waals surface area contributed by atoms with Crippen molar-refractivity contribution >= 4 is 27.6 Å². The van der Waals surface area contributed by atoms with Gasteiger partial charge in [-0.05, 0) is 47.4 Å². The summed E-state index contributed by atoms with van der Waals surface area (Å²) in [6.07, 6.45) is 2.24. The predicted molar refractivity (Wildman–Crippen MR) is 138 cm³/mol. The molecule has 170 valence electrons. The van der Waals surface area contributed by atoms with Gasteiger partial charge < -0.3 is 14.8 Å². The summed E-state index contributed by atoms with van der Waals surface area (Å²) in [5, 5.41) is 13.1. The van der Waals surface area contributed by atoms with Crippen LogP contribution >= 0.6 is 0 Å². The molecule has 0 amide bonds. The van der Waals surface area contributed by atoms with E-state index in [9.17, 15) is 9.90 Å². The third-order valence-electron chi connectivity index (χ3n) is 6.42. The summed E-state index contributed by atoms with van der Waals surface area (Å²) in [4.78, 5) is 15.3. The van der Waals surface area contributed by atoms with E-state index in [0.29, 0.717) is 19.4 Å². The Hall–Kier alpha value is -4.05. The molecule has 2 N–H and O–H groups in total. The Morgan fingerprint density at radius 2 is 1.56 bits per heavy atom. The largest absolute Gasteiger partial charge is 0.493 e. The van der Waals surface area contributed by atoms with Crippen molar-refractivity contribution in [3.05, 3.63) is 102 Å². The van der Waals surface area contributed by atoms with Crippen molar-refractivity contribution in [2.45, 2.75) is 26.2 Å². The summed E-state index contributed by atoms with van der Waals surface area (Å²) in [6.45, 7) is 2.65. The van der Waals surface area contributed by atoms with Crippen LogP contribution in [0.4, 0.5) is 0 Å². The topological polar surface area (TPSA) is 62.3 Å². The predicted octanol–water partition coefficient (Wildman–Crippen LogP) is 7.26. The minimum absolute atomic E-state index is 0.265. The van der Waals surface area contributed by atoms with E-state index in [-0.39, 0.29) is 5.69 Å². The summed E-state index contributed by atoms with van der Waals surface area (Å²) < 4.78 is 6.10. The van der Waals surface area contributed by atoms with Gasteiger partial charge in [-0.2, -0.15) is 0 Å². The smallest absolute Gasteiger partial charge is 0.352 e. The highest BCUT2D eigenvalue weighted by Crippen LogP contribution is 2.34. The third-order valence-corrected chi connectivity index (χ3v) is 6.42. The highest BCUT2D eigenvalue weighted by Gasteiger charge is 2.19. The Labute approximate surface area is 198 Å². The molecule has 0 aliphatic carbocycles. The van der Waals surface area contributed by atoms with Crippen LogP contribution in [0.1, 0.15) is 35.0 Å². The Balaban J connectivity index is 1.43. The van der Waals surface area contributed by atoms with Crippen LogP contribution in [0.25, 0.3) is 32.8 Å². The second-order valence-electron chi connectivity index (χ2n) is 8.45. The number of carboxylic acid groups (broad SMARTS) is 1. The van der Waals surface area contributed by atoms with Gasteiger partial charge in [-0.25, -0.2) is 4.79 Å². The number of para-hydroxylation sites is 1. The van der Waals surface area contributed by atoms with Gasteiger partial charge in [-0.1, -0.05) is 85.8 Å². The number of aromatic amines is 1. The van der Waals surface area contributed by atoms with Crippen LogP contribution in [-0.4, -0.2) is 22.7 Å². The second-order valence-corrected chi connectivity index (χ2v) is 8.45. The number of aromatic carboxylic acids is 1. The number of aromatic nitrogens is 1. The normalized spacial score (nSPS) is 11.2. The molecule has 0 spiro atoms. The molecule has 0 aliphatic rings. The lowest BCUT2D eigenvalue weighted by atomic mass is 9.95. The lowest BCUT2D eigenvalue weighted by Gasteiger charge is -2.10. The van der Waals surface area contributed by atoms with Crippen molar-refractivity contribution < 1.29 is 14.6 Å². The maximum atomic E-state index is 12.1. The molecule has 0 saturated carbocycles. The van der Waals surface area contributed by atoms with Crippen LogP contribution < -0.4 is 4.74 Å². The molecular weight excluding hydrogens is 422 g/mol. The molecule has 5 rings (SSSR count). The minimum atomic E-state index is -0.934. The fraction of sp³-hybridized carbons (Fsp3) is 0.167. The highest BCUT2D eigenvalue weighted by atomic mass is 16.5. The molecule has 0 radical (unpaired) electrons. The van der Waals surface area contributed by atoms with E-state index < -0.39 is 5.97 Å². The van der Waals surface area contributed by atoms with Crippen molar-refractivity contribution in [1.82, 2.24) is 4.98 Å². The number of carboxylic acids is 1. The Bertz CT molecular complexity index is 1480. The Kier molecular flexibility index (Phi) is 6.05. The molecule has 34 heavy (non-hydrogen) atoms. The first-order valence-corrected chi connectivity index (χ1v) is 11.7. The minimum Gasteiger partial charge on any atom is -0.493 e. The number of nitrogens with one attached hydrogen (secondary N) is 1. The molecule has 4 aromatic carbocycles. The van der Waals surface area contributed by atoms with Gasteiger partial charge in [0, 0.05) is 16.3 Å². The number of carbonyl (C=O) groups is 1. The standard InChI is InChI=1S/C30H27NO3/c1-2-20-10-3-5-13-22(20)24-15-8-16-25-26(29(30(32)33)31-28(24)25)17-9-19-34-27-18-7-12-21-11-4-6-14-23(21)27/h3-8,10-16,18,31H,2,9,17,19H2,1H3,(H,32,33). The maximum absolute atomic E-state index is 12.1. The molecular formula is C30H27NO3. The fourth-order valence-corrected chi connectivity index (χ4v) is 4.78. The molecule has 0 aliphatic heterocycles. The number of hydrogen-bond acceptors (Lipinski definition) is 2. The van der Waals surface area contributed by atoms with E-state index in [4.69, 9.17) is 4.74 Å². The molecule has 1 aromatic heterocycles. The SMILES string of the molecule is CCc1ccccc1-c1cccc2c(CCCOc3cccc4ccccc34)c(C(=O)O)[nH]c12. The summed E-state index contributed by atoms with van der Waals surface area (Å²) in [5.74, 6) is -0.0788. The first kappa shape index (κ1) is 21.8. The van der Waals surface area contributed by atoms with Crippen LogP contribution in [0.15, 0.2) is 84.9 Å². The lowest BCUT2D eigenvalue weighted by Crippen LogP contribution is -2.04. The second kappa shape index (κ2) is 9.44. The zero-order valence-electron chi connectivity index (χ0n) is 19.2. The molecule has 0 atom stereocenters. The van der Waals surface area contributed by atoms with E-state index in [1.54, 1.807) is 0 Å². The van der Waals surface area contributed by atoms with Crippen LogP contribution in [0.2, 0.25) is 0 Å². The van der Waals surface area contributed by atoms with Crippen LogP contribution in [-0.2, 0) is 12.8 Å². The fourth-order valence-electron chi connectivity index (χ4n) is 4.78. The molecule has 0 bridgehead atoms. The quantitative estimate of drug-likeness (QED) is 0.245. The molecule has 4 heteroatoms. The third kappa shape index (κ3) is 4.03. The zero-order valence-corrected chi connectivity index (χ0v) is 19.2. The first-order valence-electron chi connectivity index (χ1n) is 11.7. The molecule has 5 aromatic rings. The highest BCUT2D eigenvalue weighted by molar-refractivity contribution is 6.03. The number of H-pyrrole nitrogens is 1. The van der Waals surface area contributed by atoms with Crippen molar-refractivity contribution in [2.75, 3.05) is 6.61 Å². The number of hydrogen-bond donors (Lipinski definition) is 2. The van der Waals surface area contributed by atoms with Gasteiger partial charge >= 0.3 is 5.97 Å². The molecule has 0 unspecified atom stereocenters. The molecule has 0 saturated heterocycles. The van der Waals surface area contributed by atoms with Gasteiger partial charge in [0.15, 0.2) is 0 Å². The van der Waals surface area contributed by atoms with Gasteiger partial charge in [0.05, 0.1) is 12.1 Å². The maximum Gasteiger partial charge on any atom is 0.352 e. The molecule has 4 nitrogen and oxygen atoms in total. The summed E-state index contributed by atoms with van der Waals surface area (Å²) in [5.41, 5.74) is 5.40. The van der Waals surface area contributed by atoms with Crippen molar-refractivity contribution in [3.63, 3.8) is 0 Å². The van der Waals surface area contributed by atoms with Crippen molar-refractivity contribution in [2.24, 2.45) is 0 Å². The van der Waals surface area contributed by atoms with Crippen molar-refractivity contribution in [3.8, 4) is 16.9 Å². The number of benzene rings is 4. The van der Waals surface area contributed by atoms with Gasteiger partial charge in [0.2, 0.25) is 0 Å². The average Bonchev–Trinajstić information content (AvgIpc) is 3.26. The average molecular weight is 450 g/mol. The van der Waals surface area contributed by atoms with Gasteiger partial charge in [-0.15, -0.1) is 0 Å². The van der Waals surface area contributed by atoms with Crippen LogP contribution in [0, 0.1) is 0 Å². The summed E-state index contributed by atoms with van der Waals surface area (Å²) in [6, 6.07) is 28.6. The van der Waals surface area contributed by atoms with Crippen LogP contribution in [0.3, 0.4) is 0 Å². The van der Waals surface area contributed by atoms with E-state index in [1.165, 1.54) is 5.56 Å². The Morgan fingerprint density at radius 1 is 0.853 bits per heavy atom. The van der Waals surface area contributed by atoms with Crippen LogP contribution in [0.5, 0.6) is 5.75 Å². The number of aryl methyl sites for hydroxylation is 2. The summed E-state index contributed by atoms with van der Waals surface area (Å²) in [7, 11) is 0. The van der Waals surface area contributed by atoms with E-state index in [0.717, 1.165) is 50.5 Å². The van der Waals surface area contributed by atoms with Gasteiger partial charge in [0.25, 0.3) is 0 Å². The number of rotatable bonds is 8. The Morgan fingerprint density at radius 3 is 2.41 bits per heavy atom. The lowest BCUT2D eigenvalue weighted by molar-refractivity contribution is 0.0690. The number of fused-ring (bicyclic) bond motifs is 2. The summed E-state index contributed by atoms with van der Waals surface area (Å²) >= 11 is 0. The van der Waals surface area contributed by atoms with E-state index in [1.807, 2.05) is 48.5 Å². The van der Waals surface area contributed by atoms with E-state index in [2.05, 4.69) is 48.3 Å². The zero-order chi connectivity index (χ0) is 23.5. The first-order chi connectivity index (χ1) is 16.7. The molecule has 0 fully saturated rings. The van der Waals surface area contributed by atoms with E-state index >= 15 is 0 Å². The molecule has 1 heterocycles. The number of ether oxygens (including phenoxy) is 1.